The molecule has 0 bridgehead atoms. The summed E-state index contributed by atoms with van der Waals surface area (Å²) in [4.78, 5) is 25.9. The maximum absolute atomic E-state index is 12.5. The van der Waals surface area contributed by atoms with Crippen LogP contribution in [-0.4, -0.2) is 29.1 Å². The lowest BCUT2D eigenvalue weighted by molar-refractivity contribution is -0.118. The fourth-order valence-electron chi connectivity index (χ4n) is 3.06. The van der Waals surface area contributed by atoms with Crippen LogP contribution in [0.25, 0.3) is 10.9 Å². The lowest BCUT2D eigenvalue weighted by atomic mass is 10.0. The van der Waals surface area contributed by atoms with Crippen LogP contribution in [0.1, 0.15) is 22.5 Å². The van der Waals surface area contributed by atoms with E-state index in [1.54, 1.807) is 18.0 Å². The average molecular weight is 320 g/mol. The van der Waals surface area contributed by atoms with Crippen LogP contribution in [-0.2, 0) is 11.2 Å². The molecule has 1 aromatic heterocycles. The van der Waals surface area contributed by atoms with E-state index in [-0.39, 0.29) is 11.8 Å². The number of carbonyl (C=O) groups is 2. The summed E-state index contributed by atoms with van der Waals surface area (Å²) in [6, 6.07) is 13.1. The third-order valence-corrected chi connectivity index (χ3v) is 4.37. The topological polar surface area (TPSA) is 78.1 Å². The number of carbonyl (C=O) groups excluding carboxylic acids is 2. The van der Waals surface area contributed by atoms with Crippen molar-refractivity contribution >= 4 is 34.1 Å². The Balaban J connectivity index is 1.62. The van der Waals surface area contributed by atoms with Crippen LogP contribution in [0.4, 0.5) is 11.4 Å². The number of amides is 2. The molecule has 0 unspecified atom stereocenters. The largest absolute Gasteiger partial charge is 0.321 e. The molecule has 4 rings (SSSR count). The van der Waals surface area contributed by atoms with Gasteiger partial charge in [-0.15, -0.1) is 0 Å². The number of aromatic nitrogens is 2. The van der Waals surface area contributed by atoms with E-state index in [0.29, 0.717) is 24.2 Å². The molecule has 2 heterocycles. The maximum atomic E-state index is 12.5. The fraction of sp³-hybridized carbons (Fsp3) is 0.167. The van der Waals surface area contributed by atoms with Gasteiger partial charge >= 0.3 is 0 Å². The Kier molecular flexibility index (Phi) is 3.30. The number of anilines is 2. The minimum absolute atomic E-state index is 0.113. The number of aryl methyl sites for hydroxylation is 1. The standard InChI is InChI=1S/C18H16N4O2/c1-22-15-8-7-12(10-11(15)6-9-16(22)23)19-18(24)17-13-4-2-3-5-14(13)20-21-17/h2-5,7-8,10H,6,9H2,1H3,(H,19,24)(H,20,21). The van der Waals surface area contributed by atoms with Crippen LogP contribution in [0.5, 0.6) is 0 Å². The van der Waals surface area contributed by atoms with E-state index in [0.717, 1.165) is 22.2 Å². The average Bonchev–Trinajstić information content (AvgIpc) is 3.02. The second kappa shape index (κ2) is 5.49. The van der Waals surface area contributed by atoms with E-state index in [2.05, 4.69) is 15.5 Å². The molecule has 0 saturated heterocycles. The Hall–Kier alpha value is -3.15. The first-order chi connectivity index (χ1) is 11.6. The van der Waals surface area contributed by atoms with Crippen molar-refractivity contribution in [3.05, 3.63) is 53.7 Å². The predicted octanol–water partition coefficient (Wildman–Crippen LogP) is 2.72. The van der Waals surface area contributed by atoms with Crippen LogP contribution < -0.4 is 10.2 Å². The molecule has 1 aliphatic heterocycles. The van der Waals surface area contributed by atoms with Crippen LogP contribution >= 0.6 is 0 Å². The van der Waals surface area contributed by atoms with Crippen molar-refractivity contribution in [2.24, 2.45) is 0 Å². The van der Waals surface area contributed by atoms with Crippen LogP contribution in [0.3, 0.4) is 0 Å². The van der Waals surface area contributed by atoms with Gasteiger partial charge in [0.15, 0.2) is 5.69 Å². The molecule has 0 fully saturated rings. The van der Waals surface area contributed by atoms with E-state index >= 15 is 0 Å². The van der Waals surface area contributed by atoms with E-state index in [4.69, 9.17) is 0 Å². The first-order valence-corrected chi connectivity index (χ1v) is 7.77. The molecule has 120 valence electrons. The van der Waals surface area contributed by atoms with Crippen molar-refractivity contribution in [1.29, 1.82) is 0 Å². The normalized spacial score (nSPS) is 13.9. The number of hydrogen-bond donors (Lipinski definition) is 2. The monoisotopic (exact) mass is 320 g/mol. The molecule has 2 amide bonds. The molecular formula is C18H16N4O2. The predicted molar refractivity (Wildman–Crippen MR) is 92.2 cm³/mol. The number of benzene rings is 2. The lowest BCUT2D eigenvalue weighted by Gasteiger charge is -2.26. The Morgan fingerprint density at radius 3 is 2.92 bits per heavy atom. The van der Waals surface area contributed by atoms with Crippen molar-refractivity contribution in [2.45, 2.75) is 12.8 Å². The van der Waals surface area contributed by atoms with Gasteiger partial charge in [0.2, 0.25) is 5.91 Å². The minimum Gasteiger partial charge on any atom is -0.321 e. The molecule has 0 spiro atoms. The highest BCUT2D eigenvalue weighted by molar-refractivity contribution is 6.11. The third kappa shape index (κ3) is 2.32. The third-order valence-electron chi connectivity index (χ3n) is 4.37. The molecule has 6 nitrogen and oxygen atoms in total. The smallest absolute Gasteiger partial charge is 0.276 e. The number of hydrogen-bond acceptors (Lipinski definition) is 3. The minimum atomic E-state index is -0.257. The number of nitrogens with zero attached hydrogens (tertiary/aromatic N) is 2. The zero-order valence-corrected chi connectivity index (χ0v) is 13.2. The SMILES string of the molecule is CN1C(=O)CCc2cc(NC(=O)c3n[nH]c4ccccc34)ccc21. The summed E-state index contributed by atoms with van der Waals surface area (Å²) in [6.07, 6.45) is 1.18. The molecule has 0 aliphatic carbocycles. The summed E-state index contributed by atoms with van der Waals surface area (Å²) in [7, 11) is 1.77. The molecule has 24 heavy (non-hydrogen) atoms. The second-order valence-corrected chi connectivity index (χ2v) is 5.87. The zero-order chi connectivity index (χ0) is 16.7. The van der Waals surface area contributed by atoms with E-state index < -0.39 is 0 Å². The van der Waals surface area contributed by atoms with Gasteiger partial charge in [-0.1, -0.05) is 18.2 Å². The van der Waals surface area contributed by atoms with Gasteiger partial charge in [0, 0.05) is 30.2 Å². The summed E-state index contributed by atoms with van der Waals surface area (Å²) in [6.45, 7) is 0. The van der Waals surface area contributed by atoms with E-state index in [1.807, 2.05) is 36.4 Å². The molecule has 2 N–H and O–H groups in total. The Bertz CT molecular complexity index is 961. The number of nitrogens with one attached hydrogen (secondary N) is 2. The van der Waals surface area contributed by atoms with Gasteiger partial charge in [-0.05, 0) is 36.2 Å². The van der Waals surface area contributed by atoms with Gasteiger partial charge in [-0.2, -0.15) is 5.10 Å². The molecular weight excluding hydrogens is 304 g/mol. The van der Waals surface area contributed by atoms with Gasteiger partial charge in [-0.25, -0.2) is 0 Å². The Morgan fingerprint density at radius 1 is 1.21 bits per heavy atom. The highest BCUT2D eigenvalue weighted by Gasteiger charge is 2.21. The van der Waals surface area contributed by atoms with Crippen LogP contribution in [0.2, 0.25) is 0 Å². The van der Waals surface area contributed by atoms with Gasteiger partial charge in [-0.3, -0.25) is 14.7 Å². The summed E-state index contributed by atoms with van der Waals surface area (Å²) < 4.78 is 0. The van der Waals surface area contributed by atoms with E-state index in [9.17, 15) is 9.59 Å². The summed E-state index contributed by atoms with van der Waals surface area (Å²) >= 11 is 0. The molecule has 1 aliphatic rings. The first kappa shape index (κ1) is 14.4. The van der Waals surface area contributed by atoms with Crippen molar-refractivity contribution in [2.75, 3.05) is 17.3 Å². The van der Waals surface area contributed by atoms with Gasteiger partial charge < -0.3 is 10.2 Å². The lowest BCUT2D eigenvalue weighted by Crippen LogP contribution is -2.31. The molecule has 0 atom stereocenters. The van der Waals surface area contributed by atoms with Crippen LogP contribution in [0.15, 0.2) is 42.5 Å². The first-order valence-electron chi connectivity index (χ1n) is 7.77. The highest BCUT2D eigenvalue weighted by Crippen LogP contribution is 2.29. The zero-order valence-electron chi connectivity index (χ0n) is 13.2. The van der Waals surface area contributed by atoms with Crippen molar-refractivity contribution in [3.63, 3.8) is 0 Å². The van der Waals surface area contributed by atoms with Crippen molar-refractivity contribution in [1.82, 2.24) is 10.2 Å². The molecule has 0 saturated carbocycles. The maximum Gasteiger partial charge on any atom is 0.276 e. The second-order valence-electron chi connectivity index (χ2n) is 5.87. The number of para-hydroxylation sites is 1. The summed E-state index contributed by atoms with van der Waals surface area (Å²) in [5.74, 6) is -0.144. The van der Waals surface area contributed by atoms with E-state index in [1.165, 1.54) is 0 Å². The van der Waals surface area contributed by atoms with Crippen molar-refractivity contribution in [3.8, 4) is 0 Å². The van der Waals surface area contributed by atoms with Crippen LogP contribution in [0, 0.1) is 0 Å². The molecule has 3 aromatic rings. The fourth-order valence-corrected chi connectivity index (χ4v) is 3.06. The molecule has 0 radical (unpaired) electrons. The number of rotatable bonds is 2. The quantitative estimate of drug-likeness (QED) is 0.762. The summed E-state index contributed by atoms with van der Waals surface area (Å²) in [5, 5.41) is 10.6. The Morgan fingerprint density at radius 2 is 2.04 bits per heavy atom. The van der Waals surface area contributed by atoms with Gasteiger partial charge in [0.1, 0.15) is 0 Å². The summed E-state index contributed by atoms with van der Waals surface area (Å²) in [5.41, 5.74) is 3.86. The highest BCUT2D eigenvalue weighted by atomic mass is 16.2. The van der Waals surface area contributed by atoms with Gasteiger partial charge in [0.05, 0.1) is 5.52 Å². The van der Waals surface area contributed by atoms with Gasteiger partial charge in [0.25, 0.3) is 5.91 Å². The molecule has 2 aromatic carbocycles. The number of aromatic amines is 1. The molecule has 6 heteroatoms. The number of H-pyrrole nitrogens is 1. The number of fused-ring (bicyclic) bond motifs is 2. The Labute approximate surface area is 138 Å². The van der Waals surface area contributed by atoms with Crippen molar-refractivity contribution < 1.29 is 9.59 Å².